The van der Waals surface area contributed by atoms with Gasteiger partial charge in [-0.1, -0.05) is 6.92 Å². The van der Waals surface area contributed by atoms with Crippen LogP contribution in [0.3, 0.4) is 0 Å². The highest BCUT2D eigenvalue weighted by Crippen LogP contribution is 2.17. The minimum absolute atomic E-state index is 0.0538. The predicted molar refractivity (Wildman–Crippen MR) is 62.3 cm³/mol. The van der Waals surface area contributed by atoms with E-state index in [1.807, 2.05) is 0 Å². The van der Waals surface area contributed by atoms with Crippen LogP contribution in [0.2, 0.25) is 0 Å². The van der Waals surface area contributed by atoms with Crippen LogP contribution in [0.4, 0.5) is 0 Å². The van der Waals surface area contributed by atoms with E-state index in [1.54, 1.807) is 0 Å². The molecule has 0 aromatic rings. The highest BCUT2D eigenvalue weighted by Gasteiger charge is 2.24. The Hall–Kier alpha value is -0.610. The van der Waals surface area contributed by atoms with E-state index in [2.05, 4.69) is 11.8 Å². The van der Waals surface area contributed by atoms with E-state index in [9.17, 15) is 4.79 Å². The van der Waals surface area contributed by atoms with E-state index in [-0.39, 0.29) is 11.9 Å². The van der Waals surface area contributed by atoms with Crippen molar-refractivity contribution in [2.45, 2.75) is 26.2 Å². The number of piperidine rings is 1. The van der Waals surface area contributed by atoms with Crippen molar-refractivity contribution in [2.75, 3.05) is 40.0 Å². The second kappa shape index (κ2) is 7.63. The average molecular weight is 229 g/mol. The molecule has 1 aliphatic rings. The molecule has 0 bridgehead atoms. The highest BCUT2D eigenvalue weighted by molar-refractivity contribution is 5.72. The number of carbonyl (C=O) groups is 1. The van der Waals surface area contributed by atoms with Gasteiger partial charge in [0.05, 0.1) is 19.6 Å². The van der Waals surface area contributed by atoms with Crippen molar-refractivity contribution >= 4 is 5.97 Å². The molecule has 0 amide bonds. The Morgan fingerprint density at radius 2 is 2.00 bits per heavy atom. The fourth-order valence-electron chi connectivity index (χ4n) is 2.00. The van der Waals surface area contributed by atoms with Gasteiger partial charge < -0.3 is 14.4 Å². The zero-order chi connectivity index (χ0) is 11.8. The van der Waals surface area contributed by atoms with Crippen molar-refractivity contribution < 1.29 is 14.3 Å². The highest BCUT2D eigenvalue weighted by atomic mass is 16.5. The molecule has 0 aromatic carbocycles. The number of rotatable bonds is 6. The van der Waals surface area contributed by atoms with E-state index < -0.39 is 0 Å². The zero-order valence-electron chi connectivity index (χ0n) is 10.4. The first kappa shape index (κ1) is 13.5. The van der Waals surface area contributed by atoms with E-state index in [4.69, 9.17) is 9.47 Å². The van der Waals surface area contributed by atoms with Gasteiger partial charge in [0.25, 0.3) is 0 Å². The summed E-state index contributed by atoms with van der Waals surface area (Å²) in [4.78, 5) is 13.7. The molecule has 4 heteroatoms. The molecule has 0 spiro atoms. The second-order valence-electron chi connectivity index (χ2n) is 4.25. The first-order valence-electron chi connectivity index (χ1n) is 6.15. The van der Waals surface area contributed by atoms with Gasteiger partial charge in [-0.15, -0.1) is 0 Å². The van der Waals surface area contributed by atoms with Gasteiger partial charge in [0.15, 0.2) is 0 Å². The van der Waals surface area contributed by atoms with Gasteiger partial charge in [0.2, 0.25) is 0 Å². The number of carbonyl (C=O) groups excluding carboxylic acids is 1. The molecule has 1 aliphatic heterocycles. The molecule has 0 N–H and O–H groups in total. The predicted octanol–water partition coefficient (Wildman–Crippen LogP) is 1.30. The molecule has 16 heavy (non-hydrogen) atoms. The van der Waals surface area contributed by atoms with Crippen molar-refractivity contribution in [2.24, 2.45) is 5.92 Å². The van der Waals surface area contributed by atoms with E-state index in [0.29, 0.717) is 0 Å². The summed E-state index contributed by atoms with van der Waals surface area (Å²) in [7, 11) is 1.47. The van der Waals surface area contributed by atoms with E-state index >= 15 is 0 Å². The second-order valence-corrected chi connectivity index (χ2v) is 4.25. The summed E-state index contributed by atoms with van der Waals surface area (Å²) in [5, 5.41) is 0. The zero-order valence-corrected chi connectivity index (χ0v) is 10.4. The molecule has 0 unspecified atom stereocenters. The lowest BCUT2D eigenvalue weighted by Gasteiger charge is -2.30. The third-order valence-corrected chi connectivity index (χ3v) is 3.02. The number of nitrogens with zero attached hydrogens (tertiary/aromatic N) is 1. The van der Waals surface area contributed by atoms with Crippen LogP contribution in [0.15, 0.2) is 0 Å². The van der Waals surface area contributed by atoms with Crippen molar-refractivity contribution in [3.05, 3.63) is 0 Å². The summed E-state index contributed by atoms with van der Waals surface area (Å²) < 4.78 is 10.2. The van der Waals surface area contributed by atoms with Gasteiger partial charge >= 0.3 is 5.97 Å². The molecule has 0 aliphatic carbocycles. The summed E-state index contributed by atoms with van der Waals surface area (Å²) in [5.74, 6) is 0.0553. The first-order chi connectivity index (χ1) is 7.77. The van der Waals surface area contributed by atoms with Crippen molar-refractivity contribution in [3.8, 4) is 0 Å². The van der Waals surface area contributed by atoms with Crippen molar-refractivity contribution in [3.63, 3.8) is 0 Å². The Morgan fingerprint density at radius 1 is 1.31 bits per heavy atom. The molecule has 0 atom stereocenters. The molecule has 0 radical (unpaired) electrons. The third kappa shape index (κ3) is 4.49. The maximum Gasteiger partial charge on any atom is 0.308 e. The lowest BCUT2D eigenvalue weighted by Crippen LogP contribution is -2.38. The van der Waals surface area contributed by atoms with Crippen molar-refractivity contribution in [1.29, 1.82) is 0 Å². The quantitative estimate of drug-likeness (QED) is 0.508. The maximum atomic E-state index is 11.3. The Bertz CT molecular complexity index is 200. The minimum atomic E-state index is -0.0538. The third-order valence-electron chi connectivity index (χ3n) is 3.02. The number of ether oxygens (including phenoxy) is 2. The minimum Gasteiger partial charge on any atom is -0.469 e. The van der Waals surface area contributed by atoms with Crippen LogP contribution in [0.25, 0.3) is 0 Å². The van der Waals surface area contributed by atoms with Crippen LogP contribution in [-0.4, -0.2) is 50.8 Å². The molecule has 94 valence electrons. The van der Waals surface area contributed by atoms with Gasteiger partial charge in [0, 0.05) is 13.2 Å². The number of esters is 1. The molecule has 1 heterocycles. The standard InChI is InChI=1S/C12H23NO3/c1-3-9-16-10-8-13-6-4-11(5-7-13)12(14)15-2/h11H,3-10H2,1-2H3. The largest absolute Gasteiger partial charge is 0.469 e. The van der Waals surface area contributed by atoms with Crippen LogP contribution in [-0.2, 0) is 14.3 Å². The van der Waals surface area contributed by atoms with Gasteiger partial charge in [-0.05, 0) is 32.4 Å². The normalized spacial score (nSPS) is 18.6. The molecular formula is C12H23NO3. The average Bonchev–Trinajstić information content (AvgIpc) is 2.34. The number of hydrogen-bond donors (Lipinski definition) is 0. The topological polar surface area (TPSA) is 38.8 Å². The Kier molecular flexibility index (Phi) is 6.42. The SMILES string of the molecule is CCCOCCN1CCC(C(=O)OC)CC1. The van der Waals surface area contributed by atoms with Crippen LogP contribution in [0.5, 0.6) is 0 Å². The molecule has 1 fully saturated rings. The van der Waals surface area contributed by atoms with E-state index in [0.717, 1.165) is 52.1 Å². The molecular weight excluding hydrogens is 206 g/mol. The smallest absolute Gasteiger partial charge is 0.308 e. The van der Waals surface area contributed by atoms with Gasteiger partial charge in [-0.2, -0.15) is 0 Å². The Labute approximate surface area is 97.9 Å². The molecule has 1 saturated heterocycles. The fourth-order valence-corrected chi connectivity index (χ4v) is 2.00. The molecule has 1 rings (SSSR count). The number of hydrogen-bond acceptors (Lipinski definition) is 4. The Balaban J connectivity index is 2.10. The Morgan fingerprint density at radius 3 is 2.56 bits per heavy atom. The lowest BCUT2D eigenvalue weighted by molar-refractivity contribution is -0.147. The summed E-state index contributed by atoms with van der Waals surface area (Å²) in [6.07, 6.45) is 2.91. The van der Waals surface area contributed by atoms with Gasteiger partial charge in [-0.25, -0.2) is 0 Å². The summed E-state index contributed by atoms with van der Waals surface area (Å²) in [5.41, 5.74) is 0. The summed E-state index contributed by atoms with van der Waals surface area (Å²) >= 11 is 0. The van der Waals surface area contributed by atoms with Crippen LogP contribution in [0.1, 0.15) is 26.2 Å². The van der Waals surface area contributed by atoms with Gasteiger partial charge in [0.1, 0.15) is 0 Å². The molecule has 0 saturated carbocycles. The van der Waals surface area contributed by atoms with Crippen LogP contribution < -0.4 is 0 Å². The van der Waals surface area contributed by atoms with E-state index in [1.165, 1.54) is 7.11 Å². The van der Waals surface area contributed by atoms with Crippen LogP contribution >= 0.6 is 0 Å². The lowest BCUT2D eigenvalue weighted by atomic mass is 9.97. The monoisotopic (exact) mass is 229 g/mol. The maximum absolute atomic E-state index is 11.3. The fraction of sp³-hybridized carbons (Fsp3) is 0.917. The number of likely N-dealkylation sites (tertiary alicyclic amines) is 1. The first-order valence-corrected chi connectivity index (χ1v) is 6.15. The summed E-state index contributed by atoms with van der Waals surface area (Å²) in [6, 6.07) is 0. The van der Waals surface area contributed by atoms with Crippen LogP contribution in [0, 0.1) is 5.92 Å². The summed E-state index contributed by atoms with van der Waals surface area (Å²) in [6.45, 7) is 6.70. The molecule has 4 nitrogen and oxygen atoms in total. The van der Waals surface area contributed by atoms with Crippen molar-refractivity contribution in [1.82, 2.24) is 4.90 Å². The number of methoxy groups -OCH3 is 1. The molecule has 0 aromatic heterocycles. The van der Waals surface area contributed by atoms with Gasteiger partial charge in [-0.3, -0.25) is 4.79 Å².